The standard InChI is InChI=1S/C7H10O2/c1-3-4-6(8)7-5(2)9-7/h5-8H,1-2H3. The zero-order valence-corrected chi connectivity index (χ0v) is 5.59. The molecule has 0 aromatic heterocycles. The Labute approximate surface area is 54.8 Å². The first-order chi connectivity index (χ1) is 4.25. The van der Waals surface area contributed by atoms with E-state index >= 15 is 0 Å². The Hall–Kier alpha value is -0.520. The van der Waals surface area contributed by atoms with Gasteiger partial charge in [0.2, 0.25) is 0 Å². The first-order valence-electron chi connectivity index (χ1n) is 3.01. The highest BCUT2D eigenvalue weighted by molar-refractivity contribution is 5.09. The summed E-state index contributed by atoms with van der Waals surface area (Å²) < 4.78 is 4.98. The number of aliphatic hydroxyl groups is 1. The van der Waals surface area contributed by atoms with Gasteiger partial charge in [-0.3, -0.25) is 0 Å². The lowest BCUT2D eigenvalue weighted by Crippen LogP contribution is -2.12. The van der Waals surface area contributed by atoms with Crippen LogP contribution in [-0.2, 0) is 4.74 Å². The minimum atomic E-state index is -0.579. The predicted octanol–water partition coefficient (Wildman–Crippen LogP) is 0.158. The maximum Gasteiger partial charge on any atom is 0.143 e. The van der Waals surface area contributed by atoms with E-state index in [1.807, 2.05) is 6.92 Å². The van der Waals surface area contributed by atoms with Crippen molar-refractivity contribution >= 4 is 0 Å². The molecule has 1 aliphatic heterocycles. The van der Waals surface area contributed by atoms with Crippen molar-refractivity contribution < 1.29 is 9.84 Å². The fourth-order valence-electron chi connectivity index (χ4n) is 0.764. The molecule has 0 amide bonds. The van der Waals surface area contributed by atoms with E-state index in [4.69, 9.17) is 9.84 Å². The number of epoxide rings is 1. The smallest absolute Gasteiger partial charge is 0.143 e. The summed E-state index contributed by atoms with van der Waals surface area (Å²) in [5, 5.41) is 9.06. The molecule has 50 valence electrons. The van der Waals surface area contributed by atoms with E-state index in [0.29, 0.717) is 0 Å². The molecule has 0 bridgehead atoms. The normalized spacial score (nSPS) is 34.6. The molecule has 9 heavy (non-hydrogen) atoms. The summed E-state index contributed by atoms with van der Waals surface area (Å²) in [6, 6.07) is 0. The maximum absolute atomic E-state index is 9.06. The van der Waals surface area contributed by atoms with E-state index in [1.165, 1.54) is 0 Å². The van der Waals surface area contributed by atoms with E-state index in [0.717, 1.165) is 0 Å². The van der Waals surface area contributed by atoms with Gasteiger partial charge in [-0.2, -0.15) is 0 Å². The Balaban J connectivity index is 2.33. The van der Waals surface area contributed by atoms with Crippen molar-refractivity contribution in [3.05, 3.63) is 0 Å². The Morgan fingerprint density at radius 2 is 2.22 bits per heavy atom. The van der Waals surface area contributed by atoms with Crippen molar-refractivity contribution in [3.63, 3.8) is 0 Å². The molecule has 1 aliphatic rings. The highest BCUT2D eigenvalue weighted by atomic mass is 16.6. The minimum Gasteiger partial charge on any atom is -0.378 e. The van der Waals surface area contributed by atoms with Crippen LogP contribution < -0.4 is 0 Å². The van der Waals surface area contributed by atoms with Gasteiger partial charge in [0.25, 0.3) is 0 Å². The average Bonchev–Trinajstić information content (AvgIpc) is 2.47. The molecular formula is C7H10O2. The van der Waals surface area contributed by atoms with Crippen LogP contribution >= 0.6 is 0 Å². The summed E-state index contributed by atoms with van der Waals surface area (Å²) in [6.45, 7) is 3.63. The molecule has 0 spiro atoms. The highest BCUT2D eigenvalue weighted by Gasteiger charge is 2.39. The summed E-state index contributed by atoms with van der Waals surface area (Å²) >= 11 is 0. The molecule has 1 fully saturated rings. The second-order valence-electron chi connectivity index (χ2n) is 2.14. The first-order valence-corrected chi connectivity index (χ1v) is 3.01. The Bertz CT molecular complexity index is 154. The molecular weight excluding hydrogens is 116 g/mol. The van der Waals surface area contributed by atoms with Crippen LogP contribution in [0.4, 0.5) is 0 Å². The van der Waals surface area contributed by atoms with E-state index in [2.05, 4.69) is 11.8 Å². The van der Waals surface area contributed by atoms with Crippen LogP contribution in [0.2, 0.25) is 0 Å². The summed E-state index contributed by atoms with van der Waals surface area (Å²) in [5.74, 6) is 5.25. The zero-order valence-electron chi connectivity index (χ0n) is 5.59. The van der Waals surface area contributed by atoms with Gasteiger partial charge >= 0.3 is 0 Å². The van der Waals surface area contributed by atoms with Crippen molar-refractivity contribution in [1.82, 2.24) is 0 Å². The number of hydrogen-bond acceptors (Lipinski definition) is 2. The summed E-state index contributed by atoms with van der Waals surface area (Å²) in [4.78, 5) is 0. The van der Waals surface area contributed by atoms with Gasteiger partial charge in [-0.25, -0.2) is 0 Å². The van der Waals surface area contributed by atoms with E-state index in [9.17, 15) is 0 Å². The molecule has 2 nitrogen and oxygen atoms in total. The van der Waals surface area contributed by atoms with Gasteiger partial charge in [0, 0.05) is 0 Å². The molecule has 0 saturated carbocycles. The highest BCUT2D eigenvalue weighted by Crippen LogP contribution is 2.23. The topological polar surface area (TPSA) is 32.8 Å². The zero-order chi connectivity index (χ0) is 6.85. The Morgan fingerprint density at radius 1 is 1.67 bits per heavy atom. The van der Waals surface area contributed by atoms with Gasteiger partial charge in [-0.05, 0) is 13.8 Å². The molecule has 0 aromatic rings. The van der Waals surface area contributed by atoms with Crippen LogP contribution in [0.5, 0.6) is 0 Å². The molecule has 2 heteroatoms. The number of ether oxygens (including phenoxy) is 1. The van der Waals surface area contributed by atoms with Crippen molar-refractivity contribution in [3.8, 4) is 11.8 Å². The third kappa shape index (κ3) is 1.44. The maximum atomic E-state index is 9.06. The monoisotopic (exact) mass is 126 g/mol. The van der Waals surface area contributed by atoms with Crippen LogP contribution in [0, 0.1) is 11.8 Å². The van der Waals surface area contributed by atoms with Gasteiger partial charge in [0.1, 0.15) is 12.2 Å². The molecule has 1 heterocycles. The van der Waals surface area contributed by atoms with E-state index < -0.39 is 6.10 Å². The third-order valence-corrected chi connectivity index (χ3v) is 1.36. The quantitative estimate of drug-likeness (QED) is 0.401. The van der Waals surface area contributed by atoms with Gasteiger partial charge in [-0.15, -0.1) is 5.92 Å². The second kappa shape index (κ2) is 2.38. The van der Waals surface area contributed by atoms with Crippen LogP contribution in [0.3, 0.4) is 0 Å². The first kappa shape index (κ1) is 6.60. The van der Waals surface area contributed by atoms with Gasteiger partial charge in [-0.1, -0.05) is 5.92 Å². The Morgan fingerprint density at radius 3 is 2.56 bits per heavy atom. The fourth-order valence-corrected chi connectivity index (χ4v) is 0.764. The van der Waals surface area contributed by atoms with Crippen molar-refractivity contribution in [1.29, 1.82) is 0 Å². The van der Waals surface area contributed by atoms with Gasteiger partial charge in [0.15, 0.2) is 0 Å². The lowest BCUT2D eigenvalue weighted by Gasteiger charge is -1.92. The molecule has 1 saturated heterocycles. The van der Waals surface area contributed by atoms with Gasteiger partial charge < -0.3 is 9.84 Å². The SMILES string of the molecule is CC#CC(O)C1OC1C. The lowest BCUT2D eigenvalue weighted by atomic mass is 10.2. The van der Waals surface area contributed by atoms with E-state index in [-0.39, 0.29) is 12.2 Å². The van der Waals surface area contributed by atoms with Crippen LogP contribution in [-0.4, -0.2) is 23.4 Å². The fraction of sp³-hybridized carbons (Fsp3) is 0.714. The number of aliphatic hydroxyl groups excluding tert-OH is 1. The van der Waals surface area contributed by atoms with E-state index in [1.54, 1.807) is 6.92 Å². The summed E-state index contributed by atoms with van der Waals surface area (Å²) in [5.41, 5.74) is 0. The summed E-state index contributed by atoms with van der Waals surface area (Å²) in [7, 11) is 0. The molecule has 3 unspecified atom stereocenters. The van der Waals surface area contributed by atoms with Crippen LogP contribution in [0.25, 0.3) is 0 Å². The molecule has 1 rings (SSSR count). The molecule has 0 aromatic carbocycles. The van der Waals surface area contributed by atoms with Crippen LogP contribution in [0.1, 0.15) is 13.8 Å². The lowest BCUT2D eigenvalue weighted by molar-refractivity contribution is 0.185. The summed E-state index contributed by atoms with van der Waals surface area (Å²) in [6.07, 6.45) is -0.414. The number of hydrogen-bond donors (Lipinski definition) is 1. The van der Waals surface area contributed by atoms with Crippen molar-refractivity contribution in [2.24, 2.45) is 0 Å². The number of rotatable bonds is 1. The van der Waals surface area contributed by atoms with Crippen molar-refractivity contribution in [2.75, 3.05) is 0 Å². The van der Waals surface area contributed by atoms with Crippen molar-refractivity contribution in [2.45, 2.75) is 32.2 Å². The molecule has 3 atom stereocenters. The largest absolute Gasteiger partial charge is 0.378 e. The third-order valence-electron chi connectivity index (χ3n) is 1.36. The minimum absolute atomic E-state index is 0.0301. The molecule has 1 N–H and O–H groups in total. The molecule has 0 aliphatic carbocycles. The Kier molecular flexibility index (Phi) is 1.75. The molecule has 0 radical (unpaired) electrons. The predicted molar refractivity (Wildman–Crippen MR) is 33.8 cm³/mol. The van der Waals surface area contributed by atoms with Crippen LogP contribution in [0.15, 0.2) is 0 Å². The second-order valence-corrected chi connectivity index (χ2v) is 2.14. The van der Waals surface area contributed by atoms with Gasteiger partial charge in [0.05, 0.1) is 6.10 Å². The average molecular weight is 126 g/mol.